The van der Waals surface area contributed by atoms with Gasteiger partial charge in [0.1, 0.15) is 5.00 Å². The van der Waals surface area contributed by atoms with Crippen LogP contribution in [0.2, 0.25) is 0 Å². The number of nitrogens with zero attached hydrogens (tertiary/aromatic N) is 1. The highest BCUT2D eigenvalue weighted by Crippen LogP contribution is 2.14. The molecule has 72 valence electrons. The molecule has 0 saturated heterocycles. The van der Waals surface area contributed by atoms with Gasteiger partial charge < -0.3 is 5.32 Å². The van der Waals surface area contributed by atoms with E-state index in [1.54, 1.807) is 0 Å². The maximum atomic E-state index is 11.2. The molecule has 0 radical (unpaired) electrons. The molecule has 0 aromatic carbocycles. The average molecular weight is 199 g/mol. The smallest absolute Gasteiger partial charge is 0.320 e. The first-order valence-electron chi connectivity index (χ1n) is 4.09. The van der Waals surface area contributed by atoms with Crippen LogP contribution < -0.4 is 10.6 Å². The van der Waals surface area contributed by atoms with Crippen LogP contribution >= 0.6 is 11.5 Å². The lowest BCUT2D eigenvalue weighted by Gasteiger charge is -2.07. The van der Waals surface area contributed by atoms with Gasteiger partial charge in [0.2, 0.25) is 0 Å². The van der Waals surface area contributed by atoms with Crippen molar-refractivity contribution in [1.29, 1.82) is 0 Å². The summed E-state index contributed by atoms with van der Waals surface area (Å²) in [5.41, 5.74) is 0.921. The van der Waals surface area contributed by atoms with Crippen molar-refractivity contribution < 1.29 is 4.79 Å². The molecule has 0 fully saturated rings. The van der Waals surface area contributed by atoms with Crippen LogP contribution in [-0.2, 0) is 0 Å². The van der Waals surface area contributed by atoms with E-state index < -0.39 is 0 Å². The van der Waals surface area contributed by atoms with Crippen LogP contribution in [0.25, 0.3) is 0 Å². The van der Waals surface area contributed by atoms with Gasteiger partial charge in [0.15, 0.2) is 0 Å². The van der Waals surface area contributed by atoms with E-state index in [0.717, 1.165) is 10.7 Å². The Labute approximate surface area is 81.5 Å². The third-order valence-electron chi connectivity index (χ3n) is 1.28. The van der Waals surface area contributed by atoms with Gasteiger partial charge in [-0.1, -0.05) is 0 Å². The summed E-state index contributed by atoms with van der Waals surface area (Å²) in [5, 5.41) is 6.20. The van der Waals surface area contributed by atoms with E-state index in [1.165, 1.54) is 11.5 Å². The fourth-order valence-corrected chi connectivity index (χ4v) is 1.49. The minimum absolute atomic E-state index is 0.147. The number of anilines is 1. The summed E-state index contributed by atoms with van der Waals surface area (Å²) < 4.78 is 4.05. The second-order valence-electron chi connectivity index (χ2n) is 3.09. The van der Waals surface area contributed by atoms with Crippen molar-refractivity contribution in [1.82, 2.24) is 9.69 Å². The summed E-state index contributed by atoms with van der Waals surface area (Å²) >= 11 is 1.28. The first-order chi connectivity index (χ1) is 6.08. The molecule has 0 aliphatic rings. The number of carbonyl (C=O) groups excluding carboxylic acids is 1. The van der Waals surface area contributed by atoms with Gasteiger partial charge in [0, 0.05) is 6.04 Å². The van der Waals surface area contributed by atoms with Crippen LogP contribution in [0.3, 0.4) is 0 Å². The molecule has 1 aromatic rings. The predicted octanol–water partition coefficient (Wildman–Crippen LogP) is 1.98. The van der Waals surface area contributed by atoms with E-state index in [1.807, 2.05) is 26.8 Å². The molecule has 0 aliphatic heterocycles. The van der Waals surface area contributed by atoms with Crippen molar-refractivity contribution >= 4 is 22.6 Å². The second-order valence-corrected chi connectivity index (χ2v) is 3.89. The molecule has 0 atom stereocenters. The molecule has 4 nitrogen and oxygen atoms in total. The molecule has 1 aromatic heterocycles. The minimum Gasteiger partial charge on any atom is -0.336 e. The Morgan fingerprint density at radius 3 is 2.77 bits per heavy atom. The predicted molar refractivity (Wildman–Crippen MR) is 54.1 cm³/mol. The van der Waals surface area contributed by atoms with E-state index in [9.17, 15) is 4.79 Å². The fourth-order valence-electron chi connectivity index (χ4n) is 0.833. The lowest BCUT2D eigenvalue weighted by molar-refractivity contribution is 0.250. The van der Waals surface area contributed by atoms with E-state index in [2.05, 4.69) is 15.0 Å². The van der Waals surface area contributed by atoms with Gasteiger partial charge in [0.25, 0.3) is 0 Å². The van der Waals surface area contributed by atoms with Crippen molar-refractivity contribution in [2.24, 2.45) is 0 Å². The van der Waals surface area contributed by atoms with Crippen molar-refractivity contribution in [2.45, 2.75) is 26.8 Å². The standard InChI is InChI=1S/C8H13N3OS/c1-5(2)9-8(12)10-7-4-6(3)11-13-7/h4-5H,1-3H3,(H2,9,10,12). The Balaban J connectivity index is 2.45. The zero-order valence-corrected chi connectivity index (χ0v) is 8.73. The Hall–Kier alpha value is -1.10. The van der Waals surface area contributed by atoms with E-state index >= 15 is 0 Å². The molecule has 5 heteroatoms. The number of urea groups is 1. The molecule has 0 saturated carbocycles. The van der Waals surface area contributed by atoms with Crippen LogP contribution in [0.15, 0.2) is 6.07 Å². The third kappa shape index (κ3) is 3.42. The van der Waals surface area contributed by atoms with Gasteiger partial charge in [-0.2, -0.15) is 4.37 Å². The van der Waals surface area contributed by atoms with Gasteiger partial charge in [-0.15, -0.1) is 0 Å². The van der Waals surface area contributed by atoms with Crippen LogP contribution in [0.5, 0.6) is 0 Å². The summed E-state index contributed by atoms with van der Waals surface area (Å²) in [4.78, 5) is 11.2. The summed E-state index contributed by atoms with van der Waals surface area (Å²) in [7, 11) is 0. The van der Waals surface area contributed by atoms with E-state index in [4.69, 9.17) is 0 Å². The second kappa shape index (κ2) is 4.23. The summed E-state index contributed by atoms with van der Waals surface area (Å²) in [6, 6.07) is 1.80. The average Bonchev–Trinajstić information content (AvgIpc) is 2.33. The zero-order valence-electron chi connectivity index (χ0n) is 7.92. The first-order valence-corrected chi connectivity index (χ1v) is 4.86. The molecule has 2 N–H and O–H groups in total. The van der Waals surface area contributed by atoms with Gasteiger partial charge in [0.05, 0.1) is 5.69 Å². The Kier molecular flexibility index (Phi) is 3.25. The number of aromatic nitrogens is 1. The highest BCUT2D eigenvalue weighted by Gasteiger charge is 2.04. The molecule has 1 heterocycles. The van der Waals surface area contributed by atoms with Crippen molar-refractivity contribution in [2.75, 3.05) is 5.32 Å². The summed E-state index contributed by atoms with van der Waals surface area (Å²) in [5.74, 6) is 0. The monoisotopic (exact) mass is 199 g/mol. The first kappa shape index (κ1) is 9.98. The molecule has 0 spiro atoms. The number of nitrogens with one attached hydrogen (secondary N) is 2. The van der Waals surface area contributed by atoms with Gasteiger partial charge >= 0.3 is 6.03 Å². The van der Waals surface area contributed by atoms with Gasteiger partial charge in [-0.3, -0.25) is 5.32 Å². The highest BCUT2D eigenvalue weighted by molar-refractivity contribution is 7.10. The number of hydrogen-bond acceptors (Lipinski definition) is 3. The molecular weight excluding hydrogens is 186 g/mol. The molecule has 1 rings (SSSR count). The van der Waals surface area contributed by atoms with Crippen molar-refractivity contribution in [3.05, 3.63) is 11.8 Å². The quantitative estimate of drug-likeness (QED) is 0.765. The van der Waals surface area contributed by atoms with E-state index in [-0.39, 0.29) is 12.1 Å². The Morgan fingerprint density at radius 1 is 1.62 bits per heavy atom. The number of amides is 2. The van der Waals surface area contributed by atoms with Crippen LogP contribution in [0, 0.1) is 6.92 Å². The van der Waals surface area contributed by atoms with Crippen LogP contribution in [0.1, 0.15) is 19.5 Å². The highest BCUT2D eigenvalue weighted by atomic mass is 32.1. The number of rotatable bonds is 2. The van der Waals surface area contributed by atoms with Crippen molar-refractivity contribution in [3.8, 4) is 0 Å². The number of aryl methyl sites for hydroxylation is 1. The molecule has 0 aliphatic carbocycles. The van der Waals surface area contributed by atoms with Gasteiger partial charge in [-0.05, 0) is 38.4 Å². The normalized spacial score (nSPS) is 10.2. The van der Waals surface area contributed by atoms with E-state index in [0.29, 0.717) is 0 Å². The maximum Gasteiger partial charge on any atom is 0.320 e. The molecule has 0 bridgehead atoms. The lowest BCUT2D eigenvalue weighted by Crippen LogP contribution is -2.33. The minimum atomic E-state index is -0.182. The zero-order chi connectivity index (χ0) is 9.84. The molecular formula is C8H13N3OS. The van der Waals surface area contributed by atoms with Crippen molar-refractivity contribution in [3.63, 3.8) is 0 Å². The summed E-state index contributed by atoms with van der Waals surface area (Å²) in [6.45, 7) is 5.72. The fraction of sp³-hybridized carbons (Fsp3) is 0.500. The SMILES string of the molecule is Cc1cc(NC(=O)NC(C)C)sn1. The van der Waals surface area contributed by atoms with Crippen LogP contribution in [0.4, 0.5) is 9.80 Å². The molecule has 0 unspecified atom stereocenters. The Bertz CT molecular complexity index is 295. The number of carbonyl (C=O) groups is 1. The molecule has 13 heavy (non-hydrogen) atoms. The van der Waals surface area contributed by atoms with Gasteiger partial charge in [-0.25, -0.2) is 4.79 Å². The molecule has 2 amide bonds. The van der Waals surface area contributed by atoms with Crippen LogP contribution in [-0.4, -0.2) is 16.4 Å². The Morgan fingerprint density at radius 2 is 2.31 bits per heavy atom. The maximum absolute atomic E-state index is 11.2. The number of hydrogen-bond donors (Lipinski definition) is 2. The largest absolute Gasteiger partial charge is 0.336 e. The lowest BCUT2D eigenvalue weighted by atomic mass is 10.4. The third-order valence-corrected chi connectivity index (χ3v) is 2.08. The topological polar surface area (TPSA) is 54.0 Å². The summed E-state index contributed by atoms with van der Waals surface area (Å²) in [6.07, 6.45) is 0.